The van der Waals surface area contributed by atoms with Crippen molar-refractivity contribution in [3.05, 3.63) is 28.0 Å². The van der Waals surface area contributed by atoms with Crippen molar-refractivity contribution in [1.29, 1.82) is 5.26 Å². The van der Waals surface area contributed by atoms with E-state index in [2.05, 4.69) is 4.98 Å². The molecular formula is C8H4Cl2F2N2. The molecule has 2 nitrogen and oxygen atoms in total. The van der Waals surface area contributed by atoms with E-state index >= 15 is 0 Å². The highest BCUT2D eigenvalue weighted by Crippen LogP contribution is 2.25. The molecule has 1 aromatic heterocycles. The summed E-state index contributed by atoms with van der Waals surface area (Å²) in [6, 6.07) is 2.73. The minimum Gasteiger partial charge on any atom is -0.235 e. The maximum Gasteiger partial charge on any atom is 0.280 e. The van der Waals surface area contributed by atoms with Crippen molar-refractivity contribution in [1.82, 2.24) is 4.98 Å². The highest BCUT2D eigenvalue weighted by atomic mass is 35.5. The summed E-state index contributed by atoms with van der Waals surface area (Å²) in [5.41, 5.74) is -0.198. The zero-order chi connectivity index (χ0) is 10.7. The first-order chi connectivity index (χ1) is 6.60. The predicted octanol–water partition coefficient (Wildman–Crippen LogP) is 3.28. The molecule has 0 fully saturated rings. The Morgan fingerprint density at radius 2 is 2.21 bits per heavy atom. The lowest BCUT2D eigenvalue weighted by Crippen LogP contribution is -1.97. The van der Waals surface area contributed by atoms with E-state index in [4.69, 9.17) is 28.5 Å². The quantitative estimate of drug-likeness (QED) is 0.584. The van der Waals surface area contributed by atoms with E-state index in [1.807, 2.05) is 0 Å². The van der Waals surface area contributed by atoms with Crippen LogP contribution in [-0.4, -0.2) is 4.98 Å². The van der Waals surface area contributed by atoms with Crippen molar-refractivity contribution in [3.63, 3.8) is 0 Å². The highest BCUT2D eigenvalue weighted by molar-refractivity contribution is 6.31. The standard InChI is InChI=1S/C8H4Cl2F2N2/c9-2-5-4(3-13)1-6(8(11)12)14-7(5)10/h1,8H,2H2. The summed E-state index contributed by atoms with van der Waals surface area (Å²) >= 11 is 11.1. The van der Waals surface area contributed by atoms with Crippen LogP contribution in [0, 0.1) is 11.3 Å². The van der Waals surface area contributed by atoms with Crippen LogP contribution in [0.4, 0.5) is 8.78 Å². The van der Waals surface area contributed by atoms with Crippen molar-refractivity contribution in [2.75, 3.05) is 0 Å². The van der Waals surface area contributed by atoms with Crippen LogP contribution >= 0.6 is 23.2 Å². The lowest BCUT2D eigenvalue weighted by atomic mass is 10.1. The molecule has 0 spiro atoms. The second-order valence-electron chi connectivity index (χ2n) is 2.41. The summed E-state index contributed by atoms with van der Waals surface area (Å²) in [6.07, 6.45) is -2.75. The van der Waals surface area contributed by atoms with Crippen LogP contribution in [0.1, 0.15) is 23.2 Å². The third-order valence-corrected chi connectivity index (χ3v) is 2.15. The molecule has 0 radical (unpaired) electrons. The fourth-order valence-electron chi connectivity index (χ4n) is 0.898. The van der Waals surface area contributed by atoms with Gasteiger partial charge in [-0.1, -0.05) is 11.6 Å². The molecule has 0 atom stereocenters. The number of halogens is 4. The van der Waals surface area contributed by atoms with Crippen LogP contribution < -0.4 is 0 Å². The van der Waals surface area contributed by atoms with Gasteiger partial charge in [-0.25, -0.2) is 13.8 Å². The van der Waals surface area contributed by atoms with Crippen LogP contribution in [0.2, 0.25) is 5.15 Å². The molecule has 74 valence electrons. The van der Waals surface area contributed by atoms with Gasteiger partial charge in [-0.2, -0.15) is 5.26 Å². The molecule has 0 aliphatic carbocycles. The number of nitriles is 1. The van der Waals surface area contributed by atoms with Gasteiger partial charge >= 0.3 is 0 Å². The van der Waals surface area contributed by atoms with Gasteiger partial charge in [-0.15, -0.1) is 11.6 Å². The fourth-order valence-corrected chi connectivity index (χ4v) is 1.50. The Morgan fingerprint density at radius 1 is 1.57 bits per heavy atom. The van der Waals surface area contributed by atoms with Gasteiger partial charge in [-0.05, 0) is 6.07 Å². The molecule has 0 aliphatic rings. The lowest BCUT2D eigenvalue weighted by molar-refractivity contribution is 0.146. The Labute approximate surface area is 89.1 Å². The first-order valence-corrected chi connectivity index (χ1v) is 4.45. The molecule has 0 unspecified atom stereocenters. The van der Waals surface area contributed by atoms with Crippen LogP contribution in [0.5, 0.6) is 0 Å². The van der Waals surface area contributed by atoms with Gasteiger partial charge < -0.3 is 0 Å². The van der Waals surface area contributed by atoms with E-state index in [-0.39, 0.29) is 22.2 Å². The number of rotatable bonds is 2. The number of hydrogen-bond donors (Lipinski definition) is 0. The Bertz CT molecular complexity index is 388. The molecule has 0 saturated carbocycles. The average molecular weight is 237 g/mol. The maximum atomic E-state index is 12.2. The van der Waals surface area contributed by atoms with Crippen molar-refractivity contribution in [3.8, 4) is 6.07 Å². The monoisotopic (exact) mass is 236 g/mol. The van der Waals surface area contributed by atoms with Gasteiger partial charge in [0, 0.05) is 5.56 Å². The van der Waals surface area contributed by atoms with Crippen molar-refractivity contribution in [2.45, 2.75) is 12.3 Å². The molecule has 1 aromatic rings. The number of aromatic nitrogens is 1. The molecule has 0 saturated heterocycles. The van der Waals surface area contributed by atoms with E-state index < -0.39 is 12.1 Å². The second kappa shape index (κ2) is 4.54. The van der Waals surface area contributed by atoms with Crippen LogP contribution in [0.3, 0.4) is 0 Å². The highest BCUT2D eigenvalue weighted by Gasteiger charge is 2.15. The van der Waals surface area contributed by atoms with Crippen molar-refractivity contribution >= 4 is 23.2 Å². The molecule has 0 N–H and O–H groups in total. The van der Waals surface area contributed by atoms with Crippen molar-refractivity contribution < 1.29 is 8.78 Å². The summed E-state index contributed by atoms with van der Waals surface area (Å²) in [6.45, 7) is 0. The van der Waals surface area contributed by atoms with Gasteiger partial charge in [0.15, 0.2) is 0 Å². The average Bonchev–Trinajstić information content (AvgIpc) is 2.16. The molecular weight excluding hydrogens is 233 g/mol. The Kier molecular flexibility index (Phi) is 3.62. The zero-order valence-corrected chi connectivity index (χ0v) is 8.28. The molecule has 14 heavy (non-hydrogen) atoms. The molecule has 1 rings (SSSR count). The summed E-state index contributed by atoms with van der Waals surface area (Å²) in [5.74, 6) is -0.0295. The van der Waals surface area contributed by atoms with E-state index in [1.54, 1.807) is 6.07 Å². The van der Waals surface area contributed by atoms with E-state index in [0.717, 1.165) is 6.07 Å². The summed E-state index contributed by atoms with van der Waals surface area (Å²) < 4.78 is 24.5. The predicted molar refractivity (Wildman–Crippen MR) is 48.5 cm³/mol. The van der Waals surface area contributed by atoms with Crippen LogP contribution in [0.25, 0.3) is 0 Å². The van der Waals surface area contributed by atoms with Gasteiger partial charge in [-0.3, -0.25) is 0 Å². The Morgan fingerprint density at radius 3 is 2.64 bits per heavy atom. The maximum absolute atomic E-state index is 12.2. The topological polar surface area (TPSA) is 36.7 Å². The minimum atomic E-state index is -2.75. The second-order valence-corrected chi connectivity index (χ2v) is 3.04. The largest absolute Gasteiger partial charge is 0.280 e. The molecule has 0 bridgehead atoms. The number of nitrogens with zero attached hydrogens (tertiary/aromatic N) is 2. The minimum absolute atomic E-state index is 0.0295. The molecule has 0 aliphatic heterocycles. The van der Waals surface area contributed by atoms with Gasteiger partial charge in [0.2, 0.25) is 0 Å². The number of hydrogen-bond acceptors (Lipinski definition) is 2. The molecule has 6 heteroatoms. The van der Waals surface area contributed by atoms with Gasteiger partial charge in [0.25, 0.3) is 6.43 Å². The van der Waals surface area contributed by atoms with Crippen LogP contribution in [-0.2, 0) is 5.88 Å². The van der Waals surface area contributed by atoms with Gasteiger partial charge in [0.1, 0.15) is 10.8 Å². The van der Waals surface area contributed by atoms with E-state index in [9.17, 15) is 8.78 Å². The fraction of sp³-hybridized carbons (Fsp3) is 0.250. The number of pyridine rings is 1. The normalized spacial score (nSPS) is 10.3. The third-order valence-electron chi connectivity index (χ3n) is 1.57. The van der Waals surface area contributed by atoms with Crippen LogP contribution in [0.15, 0.2) is 6.07 Å². The third kappa shape index (κ3) is 2.11. The van der Waals surface area contributed by atoms with Gasteiger partial charge in [0.05, 0.1) is 17.5 Å². The first kappa shape index (κ1) is 11.2. The molecule has 0 amide bonds. The van der Waals surface area contributed by atoms with E-state index in [0.29, 0.717) is 0 Å². The summed E-state index contributed by atoms with van der Waals surface area (Å²) in [7, 11) is 0. The summed E-state index contributed by atoms with van der Waals surface area (Å²) in [5, 5.41) is 8.50. The SMILES string of the molecule is N#Cc1cc(C(F)F)nc(Cl)c1CCl. The first-order valence-electron chi connectivity index (χ1n) is 3.53. The Hall–Kier alpha value is -0.920. The molecule has 0 aromatic carbocycles. The zero-order valence-electron chi connectivity index (χ0n) is 6.77. The smallest absolute Gasteiger partial charge is 0.235 e. The van der Waals surface area contributed by atoms with Crippen molar-refractivity contribution in [2.24, 2.45) is 0 Å². The number of alkyl halides is 3. The summed E-state index contributed by atoms with van der Waals surface area (Å²) in [4.78, 5) is 3.43. The lowest BCUT2D eigenvalue weighted by Gasteiger charge is -2.05. The van der Waals surface area contributed by atoms with E-state index in [1.165, 1.54) is 0 Å². The molecule has 1 heterocycles. The Balaban J connectivity index is 3.33.